The van der Waals surface area contributed by atoms with Crippen molar-refractivity contribution in [2.75, 3.05) is 13.2 Å². The Bertz CT molecular complexity index is 1520. The number of nitrogens with zero attached hydrogens (tertiary/aromatic N) is 5. The average Bonchev–Trinajstić information content (AvgIpc) is 3.58. The zero-order valence-corrected chi connectivity index (χ0v) is 20.3. The van der Waals surface area contributed by atoms with Crippen molar-refractivity contribution in [3.8, 4) is 16.9 Å². The van der Waals surface area contributed by atoms with Crippen molar-refractivity contribution < 1.29 is 22.7 Å². The second kappa shape index (κ2) is 8.50. The normalized spacial score (nSPS) is 17.1. The molecule has 2 aromatic heterocycles. The Labute approximate surface area is 211 Å². The predicted molar refractivity (Wildman–Crippen MR) is 129 cm³/mol. The zero-order valence-electron chi connectivity index (χ0n) is 20.3. The van der Waals surface area contributed by atoms with E-state index in [0.717, 1.165) is 17.1 Å². The summed E-state index contributed by atoms with van der Waals surface area (Å²) in [5.74, 6) is 1.31. The number of para-hydroxylation sites is 1. The van der Waals surface area contributed by atoms with Crippen LogP contribution in [0.1, 0.15) is 44.6 Å². The molecule has 0 bridgehead atoms. The molecule has 37 heavy (non-hydrogen) atoms. The number of carbonyl (C=O) groups excluding carboxylic acids is 1. The number of ether oxygens (including phenoxy) is 1. The van der Waals surface area contributed by atoms with Gasteiger partial charge < -0.3 is 14.2 Å². The van der Waals surface area contributed by atoms with Crippen molar-refractivity contribution in [1.82, 2.24) is 24.2 Å². The molecule has 4 heterocycles. The van der Waals surface area contributed by atoms with Gasteiger partial charge in [0.1, 0.15) is 18.2 Å². The fourth-order valence-corrected chi connectivity index (χ4v) is 5.38. The summed E-state index contributed by atoms with van der Waals surface area (Å²) in [7, 11) is 1.47. The molecule has 0 fully saturated rings. The van der Waals surface area contributed by atoms with Crippen molar-refractivity contribution in [3.05, 3.63) is 88.8 Å². The van der Waals surface area contributed by atoms with E-state index in [9.17, 15) is 18.0 Å². The number of imidazole rings is 1. The highest BCUT2D eigenvalue weighted by Crippen LogP contribution is 2.42. The Morgan fingerprint density at radius 3 is 2.68 bits per heavy atom. The van der Waals surface area contributed by atoms with Gasteiger partial charge in [0, 0.05) is 55.4 Å². The lowest BCUT2D eigenvalue weighted by atomic mass is 9.87. The summed E-state index contributed by atoms with van der Waals surface area (Å²) in [4.78, 5) is 19.9. The second-order valence-corrected chi connectivity index (χ2v) is 9.45. The number of benzene rings is 2. The number of amides is 1. The summed E-state index contributed by atoms with van der Waals surface area (Å²) >= 11 is 0. The van der Waals surface area contributed by atoms with E-state index < -0.39 is 11.9 Å². The molecule has 1 atom stereocenters. The van der Waals surface area contributed by atoms with Crippen LogP contribution >= 0.6 is 0 Å². The zero-order chi connectivity index (χ0) is 25.9. The monoisotopic (exact) mass is 507 g/mol. The summed E-state index contributed by atoms with van der Waals surface area (Å²) in [5, 5.41) is 3.71. The Morgan fingerprint density at radius 1 is 1.14 bits per heavy atom. The van der Waals surface area contributed by atoms with E-state index in [2.05, 4.69) is 10.1 Å². The first-order valence-electron chi connectivity index (χ1n) is 12.0. The van der Waals surface area contributed by atoms with Gasteiger partial charge in [-0.1, -0.05) is 18.2 Å². The van der Waals surface area contributed by atoms with Gasteiger partial charge >= 0.3 is 6.18 Å². The number of alkyl halides is 3. The highest BCUT2D eigenvalue weighted by atomic mass is 19.4. The van der Waals surface area contributed by atoms with Gasteiger partial charge in [-0.3, -0.25) is 9.48 Å². The fourth-order valence-electron chi connectivity index (χ4n) is 5.38. The van der Waals surface area contributed by atoms with Crippen molar-refractivity contribution >= 4 is 5.91 Å². The lowest BCUT2D eigenvalue weighted by Crippen LogP contribution is -2.41. The van der Waals surface area contributed by atoms with Crippen LogP contribution in [-0.2, 0) is 26.2 Å². The summed E-state index contributed by atoms with van der Waals surface area (Å²) in [6.45, 7) is 2.95. The van der Waals surface area contributed by atoms with Gasteiger partial charge in [0.25, 0.3) is 5.91 Å². The molecule has 2 aromatic carbocycles. The van der Waals surface area contributed by atoms with Gasteiger partial charge in [0.2, 0.25) is 0 Å². The lowest BCUT2D eigenvalue weighted by molar-refractivity contribution is -0.140. The molecule has 4 aromatic rings. The smallest absolute Gasteiger partial charge is 0.435 e. The van der Waals surface area contributed by atoms with Crippen molar-refractivity contribution in [2.24, 2.45) is 7.05 Å². The van der Waals surface area contributed by atoms with E-state index in [-0.39, 0.29) is 17.5 Å². The van der Waals surface area contributed by atoms with Gasteiger partial charge in [-0.25, -0.2) is 4.98 Å². The largest absolute Gasteiger partial charge is 0.491 e. The highest BCUT2D eigenvalue weighted by Gasteiger charge is 2.40. The number of halogens is 3. The van der Waals surface area contributed by atoms with Gasteiger partial charge in [0.05, 0.1) is 6.04 Å². The SMILES string of the molecule is Cc1nccn1Cc1cc2c(c(-c3cn(C)nc3C(F)(F)F)c1)CCN(C1COc3ccccc31)C2=O. The van der Waals surface area contributed by atoms with Crippen LogP contribution in [0.4, 0.5) is 13.2 Å². The minimum atomic E-state index is -4.63. The number of rotatable bonds is 4. The van der Waals surface area contributed by atoms with Crippen molar-refractivity contribution in [1.29, 1.82) is 0 Å². The van der Waals surface area contributed by atoms with Crippen LogP contribution in [0.25, 0.3) is 11.1 Å². The number of fused-ring (bicyclic) bond motifs is 2. The van der Waals surface area contributed by atoms with E-state index in [1.807, 2.05) is 35.8 Å². The fraction of sp³-hybridized carbons (Fsp3) is 0.296. The van der Waals surface area contributed by atoms with Crippen molar-refractivity contribution in [2.45, 2.75) is 32.1 Å². The van der Waals surface area contributed by atoms with E-state index in [1.54, 1.807) is 29.4 Å². The molecule has 0 aliphatic carbocycles. The summed E-state index contributed by atoms with van der Waals surface area (Å²) < 4.78 is 50.7. The van der Waals surface area contributed by atoms with Crippen LogP contribution in [0.15, 0.2) is 55.0 Å². The topological polar surface area (TPSA) is 65.2 Å². The molecule has 1 unspecified atom stereocenters. The first-order chi connectivity index (χ1) is 17.7. The quantitative estimate of drug-likeness (QED) is 0.399. The molecule has 2 aliphatic heterocycles. The summed E-state index contributed by atoms with van der Waals surface area (Å²) in [5.41, 5.74) is 2.09. The third kappa shape index (κ3) is 3.96. The minimum absolute atomic E-state index is 0.0220. The molecule has 190 valence electrons. The number of hydrogen-bond acceptors (Lipinski definition) is 4. The third-order valence-electron chi connectivity index (χ3n) is 7.12. The van der Waals surface area contributed by atoms with Crippen LogP contribution in [0.5, 0.6) is 5.75 Å². The highest BCUT2D eigenvalue weighted by molar-refractivity contribution is 5.99. The van der Waals surface area contributed by atoms with Gasteiger partial charge in [-0.2, -0.15) is 18.3 Å². The number of hydrogen-bond donors (Lipinski definition) is 0. The molecule has 6 rings (SSSR count). The van der Waals surface area contributed by atoms with Gasteiger partial charge in [0.15, 0.2) is 5.69 Å². The maximum Gasteiger partial charge on any atom is 0.435 e. The molecular weight excluding hydrogens is 483 g/mol. The Morgan fingerprint density at radius 2 is 1.92 bits per heavy atom. The molecular formula is C27H24F3N5O2. The lowest BCUT2D eigenvalue weighted by Gasteiger charge is -2.34. The molecule has 0 N–H and O–H groups in total. The first-order valence-corrected chi connectivity index (χ1v) is 12.0. The van der Waals surface area contributed by atoms with Crippen LogP contribution in [-0.4, -0.2) is 43.3 Å². The van der Waals surface area contributed by atoms with Crippen LogP contribution in [0, 0.1) is 6.92 Å². The Hall–Kier alpha value is -4.08. The van der Waals surface area contributed by atoms with Crippen LogP contribution < -0.4 is 4.74 Å². The molecule has 1 amide bonds. The second-order valence-electron chi connectivity index (χ2n) is 9.45. The van der Waals surface area contributed by atoms with Gasteiger partial charge in [-0.15, -0.1) is 0 Å². The van der Waals surface area contributed by atoms with E-state index >= 15 is 0 Å². The molecule has 0 saturated carbocycles. The maximum absolute atomic E-state index is 13.9. The van der Waals surface area contributed by atoms with Crippen LogP contribution in [0.2, 0.25) is 0 Å². The van der Waals surface area contributed by atoms with Crippen LogP contribution in [0.3, 0.4) is 0 Å². The molecule has 2 aliphatic rings. The standard InChI is InChI=1S/C27H24F3N5O2/c1-16-31-8-10-34(16)13-17-11-20(22-14-33(2)32-25(22)27(28,29)30)18-7-9-35(26(36)21(18)12-17)23-15-37-24-6-4-3-5-19(23)24/h3-6,8,10-12,14,23H,7,9,13,15H2,1-2H3. The third-order valence-corrected chi connectivity index (χ3v) is 7.12. The van der Waals surface area contributed by atoms with E-state index in [1.165, 1.54) is 17.9 Å². The maximum atomic E-state index is 13.9. The number of carbonyl (C=O) groups is 1. The van der Waals surface area contributed by atoms with Gasteiger partial charge in [-0.05, 0) is 48.2 Å². The summed E-state index contributed by atoms with van der Waals surface area (Å²) in [6, 6.07) is 10.9. The first kappa shape index (κ1) is 23.3. The number of aromatic nitrogens is 4. The average molecular weight is 508 g/mol. The molecule has 0 radical (unpaired) electrons. The van der Waals surface area contributed by atoms with E-state index in [0.29, 0.717) is 48.4 Å². The van der Waals surface area contributed by atoms with E-state index in [4.69, 9.17) is 4.74 Å². The molecule has 0 saturated heterocycles. The van der Waals surface area contributed by atoms with Crippen molar-refractivity contribution in [3.63, 3.8) is 0 Å². The predicted octanol–water partition coefficient (Wildman–Crippen LogP) is 4.79. The Balaban J connectivity index is 1.48. The number of aryl methyl sites for hydroxylation is 2. The minimum Gasteiger partial charge on any atom is -0.491 e. The molecule has 10 heteroatoms. The molecule has 0 spiro atoms. The Kier molecular flexibility index (Phi) is 5.36. The summed E-state index contributed by atoms with van der Waals surface area (Å²) in [6.07, 6.45) is 0.646. The molecule has 7 nitrogen and oxygen atoms in total.